The van der Waals surface area contributed by atoms with E-state index in [0.29, 0.717) is 15.6 Å². The highest BCUT2D eigenvalue weighted by molar-refractivity contribution is 6.33. The molecule has 0 radical (unpaired) electrons. The molecule has 2 aromatic rings. The smallest absolute Gasteiger partial charge is 0.141 e. The predicted octanol–water partition coefficient (Wildman–Crippen LogP) is 4.63. The van der Waals surface area contributed by atoms with E-state index in [1.807, 2.05) is 0 Å². The molecule has 0 atom stereocenters. The number of benzene rings is 2. The number of halogens is 4. The second kappa shape index (κ2) is 6.33. The molecule has 0 amide bonds. The summed E-state index contributed by atoms with van der Waals surface area (Å²) in [5.41, 5.74) is 0.316. The summed E-state index contributed by atoms with van der Waals surface area (Å²) < 4.78 is 26.9. The number of carbonyl (C=O) groups excluding carboxylic acids is 1. The van der Waals surface area contributed by atoms with Crippen molar-refractivity contribution in [3.8, 4) is 0 Å². The minimum atomic E-state index is -0.726. The van der Waals surface area contributed by atoms with Gasteiger partial charge < -0.3 is 0 Å². The predicted molar refractivity (Wildman–Crippen MR) is 75.2 cm³/mol. The van der Waals surface area contributed by atoms with Crippen LogP contribution < -0.4 is 0 Å². The Balaban J connectivity index is 2.15. The maximum atomic E-state index is 13.5. The molecule has 104 valence electrons. The first-order valence-corrected chi connectivity index (χ1v) is 6.61. The Morgan fingerprint density at radius 3 is 2.30 bits per heavy atom. The quantitative estimate of drug-likeness (QED) is 0.804. The van der Waals surface area contributed by atoms with Crippen LogP contribution in [0.5, 0.6) is 0 Å². The summed E-state index contributed by atoms with van der Waals surface area (Å²) in [6.07, 6.45) is -0.339. The normalized spacial score (nSPS) is 10.6. The highest BCUT2D eigenvalue weighted by atomic mass is 35.5. The molecule has 2 rings (SSSR count). The van der Waals surface area contributed by atoms with Crippen LogP contribution in [0, 0.1) is 11.6 Å². The Bertz CT molecular complexity index is 636. The Kier molecular flexibility index (Phi) is 4.73. The van der Waals surface area contributed by atoms with Crippen LogP contribution in [0.4, 0.5) is 8.78 Å². The molecule has 0 aliphatic heterocycles. The fourth-order valence-corrected chi connectivity index (χ4v) is 2.23. The Hall–Kier alpha value is -1.45. The molecule has 0 heterocycles. The first kappa shape index (κ1) is 14.9. The summed E-state index contributed by atoms with van der Waals surface area (Å²) in [6.45, 7) is 0. The maximum Gasteiger partial charge on any atom is 0.141 e. The molecule has 0 N–H and O–H groups in total. The second-order valence-corrected chi connectivity index (χ2v) is 5.17. The minimum absolute atomic E-state index is 0.0207. The van der Waals surface area contributed by atoms with Crippen LogP contribution in [0.3, 0.4) is 0 Å². The van der Waals surface area contributed by atoms with E-state index < -0.39 is 11.6 Å². The van der Waals surface area contributed by atoms with Gasteiger partial charge in [0.1, 0.15) is 17.4 Å². The van der Waals surface area contributed by atoms with Crippen LogP contribution in [0.2, 0.25) is 10.0 Å². The standard InChI is InChI=1S/C15H10Cl2F2O/c16-10-4-5-13(17)9(6-10)7-11(20)8-12-14(18)2-1-3-15(12)19/h1-6H,7-8H2. The molecular weight excluding hydrogens is 305 g/mol. The van der Waals surface area contributed by atoms with Crippen molar-refractivity contribution in [1.29, 1.82) is 0 Å². The zero-order valence-electron chi connectivity index (χ0n) is 10.3. The molecule has 0 saturated heterocycles. The molecule has 5 heteroatoms. The van der Waals surface area contributed by atoms with E-state index in [2.05, 4.69) is 0 Å². The molecule has 0 aliphatic carbocycles. The fourth-order valence-electron chi connectivity index (χ4n) is 1.85. The van der Waals surface area contributed by atoms with Gasteiger partial charge in [0, 0.05) is 28.5 Å². The van der Waals surface area contributed by atoms with Crippen LogP contribution in [0.1, 0.15) is 11.1 Å². The SMILES string of the molecule is O=C(Cc1cc(Cl)ccc1Cl)Cc1c(F)cccc1F. The van der Waals surface area contributed by atoms with Crippen LogP contribution in [-0.4, -0.2) is 5.78 Å². The van der Waals surface area contributed by atoms with E-state index in [0.717, 1.165) is 12.1 Å². The highest BCUT2D eigenvalue weighted by Gasteiger charge is 2.14. The molecule has 0 aliphatic rings. The van der Waals surface area contributed by atoms with Crippen molar-refractivity contribution in [2.75, 3.05) is 0 Å². The van der Waals surface area contributed by atoms with Crippen LogP contribution in [0.15, 0.2) is 36.4 Å². The number of hydrogen-bond acceptors (Lipinski definition) is 1. The van der Waals surface area contributed by atoms with Gasteiger partial charge in [-0.2, -0.15) is 0 Å². The lowest BCUT2D eigenvalue weighted by atomic mass is 10.0. The van der Waals surface area contributed by atoms with E-state index in [-0.39, 0.29) is 24.2 Å². The summed E-state index contributed by atoms with van der Waals surface area (Å²) >= 11 is 11.8. The van der Waals surface area contributed by atoms with Gasteiger partial charge in [0.05, 0.1) is 0 Å². The third kappa shape index (κ3) is 3.56. The van der Waals surface area contributed by atoms with Gasteiger partial charge in [0.2, 0.25) is 0 Å². The van der Waals surface area contributed by atoms with Crippen LogP contribution in [-0.2, 0) is 17.6 Å². The second-order valence-electron chi connectivity index (χ2n) is 4.33. The summed E-state index contributed by atoms with van der Waals surface area (Å²) in [6, 6.07) is 8.26. The third-order valence-electron chi connectivity index (χ3n) is 2.83. The average molecular weight is 315 g/mol. The van der Waals surface area contributed by atoms with Crippen molar-refractivity contribution in [3.05, 3.63) is 69.2 Å². The van der Waals surface area contributed by atoms with E-state index in [9.17, 15) is 13.6 Å². The molecule has 0 saturated carbocycles. The lowest BCUT2D eigenvalue weighted by Crippen LogP contribution is -2.10. The zero-order chi connectivity index (χ0) is 14.7. The van der Waals surface area contributed by atoms with E-state index in [1.165, 1.54) is 6.07 Å². The number of Topliss-reactive ketones (excluding diaryl/α,β-unsaturated/α-hetero) is 1. The van der Waals surface area contributed by atoms with Gasteiger partial charge in [-0.3, -0.25) is 4.79 Å². The number of rotatable bonds is 4. The minimum Gasteiger partial charge on any atom is -0.299 e. The van der Waals surface area contributed by atoms with Crippen molar-refractivity contribution in [2.45, 2.75) is 12.8 Å². The highest BCUT2D eigenvalue weighted by Crippen LogP contribution is 2.22. The fraction of sp³-hybridized carbons (Fsp3) is 0.133. The maximum absolute atomic E-state index is 13.5. The lowest BCUT2D eigenvalue weighted by Gasteiger charge is -2.06. The third-order valence-corrected chi connectivity index (χ3v) is 3.43. The van der Waals surface area contributed by atoms with Crippen molar-refractivity contribution in [3.63, 3.8) is 0 Å². The van der Waals surface area contributed by atoms with Crippen molar-refractivity contribution >= 4 is 29.0 Å². The van der Waals surface area contributed by atoms with Crippen molar-refractivity contribution in [1.82, 2.24) is 0 Å². The lowest BCUT2D eigenvalue weighted by molar-refractivity contribution is -0.117. The van der Waals surface area contributed by atoms with Gasteiger partial charge in [0.25, 0.3) is 0 Å². The zero-order valence-corrected chi connectivity index (χ0v) is 11.8. The number of carbonyl (C=O) groups is 1. The average Bonchev–Trinajstić information content (AvgIpc) is 2.38. The van der Waals surface area contributed by atoms with E-state index in [1.54, 1.807) is 18.2 Å². The number of hydrogen-bond donors (Lipinski definition) is 0. The summed E-state index contributed by atoms with van der Waals surface area (Å²) in [4.78, 5) is 11.9. The molecule has 0 fully saturated rings. The molecule has 2 aromatic carbocycles. The Morgan fingerprint density at radius 1 is 1.00 bits per heavy atom. The van der Waals surface area contributed by atoms with E-state index >= 15 is 0 Å². The Labute approximate surface area is 125 Å². The summed E-state index contributed by atoms with van der Waals surface area (Å²) in [7, 11) is 0. The van der Waals surface area contributed by atoms with Crippen LogP contribution >= 0.6 is 23.2 Å². The van der Waals surface area contributed by atoms with Gasteiger partial charge in [0.15, 0.2) is 0 Å². The largest absolute Gasteiger partial charge is 0.299 e. The molecule has 0 spiro atoms. The van der Waals surface area contributed by atoms with Crippen LogP contribution in [0.25, 0.3) is 0 Å². The topological polar surface area (TPSA) is 17.1 Å². The molecule has 0 aromatic heterocycles. The van der Waals surface area contributed by atoms with Crippen molar-refractivity contribution < 1.29 is 13.6 Å². The summed E-state index contributed by atoms with van der Waals surface area (Å²) in [5.74, 6) is -1.79. The van der Waals surface area contributed by atoms with Gasteiger partial charge in [-0.25, -0.2) is 8.78 Å². The number of ketones is 1. The summed E-state index contributed by atoms with van der Waals surface area (Å²) in [5, 5.41) is 0.853. The van der Waals surface area contributed by atoms with Gasteiger partial charge in [-0.1, -0.05) is 29.3 Å². The molecule has 0 bridgehead atoms. The van der Waals surface area contributed by atoms with Gasteiger partial charge >= 0.3 is 0 Å². The van der Waals surface area contributed by atoms with Crippen molar-refractivity contribution in [2.24, 2.45) is 0 Å². The molecule has 20 heavy (non-hydrogen) atoms. The molecule has 0 unspecified atom stereocenters. The Morgan fingerprint density at radius 2 is 1.65 bits per heavy atom. The van der Waals surface area contributed by atoms with Gasteiger partial charge in [-0.05, 0) is 35.9 Å². The first-order chi connectivity index (χ1) is 9.47. The first-order valence-electron chi connectivity index (χ1n) is 5.86. The van der Waals surface area contributed by atoms with Gasteiger partial charge in [-0.15, -0.1) is 0 Å². The van der Waals surface area contributed by atoms with E-state index in [4.69, 9.17) is 23.2 Å². The molecular formula is C15H10Cl2F2O. The monoisotopic (exact) mass is 314 g/mol. The molecule has 1 nitrogen and oxygen atoms in total.